The topological polar surface area (TPSA) is 101 Å². The number of carbonyl (C=O) groups is 1. The van der Waals surface area contributed by atoms with E-state index in [-0.39, 0.29) is 17.9 Å². The molecule has 142 valence electrons. The third kappa shape index (κ3) is 4.03. The highest BCUT2D eigenvalue weighted by Gasteiger charge is 2.30. The summed E-state index contributed by atoms with van der Waals surface area (Å²) in [6, 6.07) is 12.5. The van der Waals surface area contributed by atoms with Crippen molar-refractivity contribution >= 4 is 17.7 Å². The Kier molecular flexibility index (Phi) is 4.94. The molecule has 7 nitrogen and oxygen atoms in total. The van der Waals surface area contributed by atoms with Gasteiger partial charge in [-0.25, -0.2) is 4.98 Å². The predicted molar refractivity (Wildman–Crippen MR) is 105 cm³/mol. The minimum Gasteiger partial charge on any atom is -0.368 e. The van der Waals surface area contributed by atoms with Gasteiger partial charge in [-0.2, -0.15) is 4.98 Å². The third-order valence-corrected chi connectivity index (χ3v) is 5.50. The number of piperazine rings is 1. The van der Waals surface area contributed by atoms with E-state index in [0.717, 1.165) is 43.9 Å². The zero-order valence-electron chi connectivity index (χ0n) is 15.4. The quantitative estimate of drug-likeness (QED) is 0.823. The number of hydrogen-bond acceptors (Lipinski definition) is 6. The highest BCUT2D eigenvalue weighted by atomic mass is 16.2. The second-order valence-electron chi connectivity index (χ2n) is 7.48. The lowest BCUT2D eigenvalue weighted by Crippen LogP contribution is -2.51. The summed E-state index contributed by atoms with van der Waals surface area (Å²) in [5, 5.41) is 0. The molecule has 1 amide bonds. The van der Waals surface area contributed by atoms with Gasteiger partial charge in [0.2, 0.25) is 11.9 Å². The average molecular weight is 366 g/mol. The fourth-order valence-corrected chi connectivity index (χ4v) is 3.80. The Labute approximate surface area is 159 Å². The lowest BCUT2D eigenvalue weighted by Gasteiger charge is -2.36. The van der Waals surface area contributed by atoms with Crippen LogP contribution in [0.4, 0.5) is 11.8 Å². The first-order valence-corrected chi connectivity index (χ1v) is 9.55. The van der Waals surface area contributed by atoms with Crippen molar-refractivity contribution in [3.8, 4) is 0 Å². The summed E-state index contributed by atoms with van der Waals surface area (Å²) >= 11 is 0. The fraction of sp³-hybridized carbons (Fsp3) is 0.450. The fourth-order valence-electron chi connectivity index (χ4n) is 3.80. The molecule has 2 aliphatic rings. The van der Waals surface area contributed by atoms with E-state index in [9.17, 15) is 4.79 Å². The standard InChI is InChI=1S/C20H26N6O/c21-16-10-15(11-16)17-12-18(24-20(22)23-17)26-9-8-25(19(27)13-26)7-6-14-4-2-1-3-5-14/h1-5,12,15-16H,6-11,13,21H2,(H2,22,23,24). The van der Waals surface area contributed by atoms with Gasteiger partial charge in [-0.15, -0.1) is 0 Å². The van der Waals surface area contributed by atoms with Crippen LogP contribution in [0, 0.1) is 0 Å². The van der Waals surface area contributed by atoms with Gasteiger partial charge < -0.3 is 21.3 Å². The van der Waals surface area contributed by atoms with Crippen LogP contribution in [0.25, 0.3) is 0 Å². The van der Waals surface area contributed by atoms with E-state index in [1.165, 1.54) is 5.56 Å². The summed E-state index contributed by atoms with van der Waals surface area (Å²) < 4.78 is 0. The molecule has 1 aromatic carbocycles. The number of nitrogens with two attached hydrogens (primary N) is 2. The van der Waals surface area contributed by atoms with Crippen molar-refractivity contribution in [2.75, 3.05) is 36.8 Å². The normalized spacial score (nSPS) is 22.6. The van der Waals surface area contributed by atoms with E-state index in [1.54, 1.807) is 0 Å². The first kappa shape index (κ1) is 17.7. The SMILES string of the molecule is Nc1nc(C2CC(N)C2)cc(N2CCN(CCc3ccccc3)C(=O)C2)n1. The molecule has 1 aliphatic heterocycles. The van der Waals surface area contributed by atoms with Crippen LogP contribution in [-0.2, 0) is 11.2 Å². The van der Waals surface area contributed by atoms with Crippen LogP contribution < -0.4 is 16.4 Å². The molecule has 2 heterocycles. The highest BCUT2D eigenvalue weighted by Crippen LogP contribution is 2.36. The van der Waals surface area contributed by atoms with E-state index in [1.807, 2.05) is 34.1 Å². The predicted octanol–water partition coefficient (Wildman–Crippen LogP) is 1.15. The number of benzene rings is 1. The maximum Gasteiger partial charge on any atom is 0.242 e. The van der Waals surface area contributed by atoms with Crippen molar-refractivity contribution in [3.05, 3.63) is 47.7 Å². The average Bonchev–Trinajstić information content (AvgIpc) is 2.65. The van der Waals surface area contributed by atoms with Crippen molar-refractivity contribution in [2.24, 2.45) is 5.73 Å². The molecule has 4 rings (SSSR count). The molecule has 0 bridgehead atoms. The van der Waals surface area contributed by atoms with E-state index >= 15 is 0 Å². The number of aromatic nitrogens is 2. The van der Waals surface area contributed by atoms with Crippen LogP contribution >= 0.6 is 0 Å². The Morgan fingerprint density at radius 3 is 2.59 bits per heavy atom. The minimum absolute atomic E-state index is 0.126. The van der Waals surface area contributed by atoms with Crippen molar-refractivity contribution < 1.29 is 4.79 Å². The molecular weight excluding hydrogens is 340 g/mol. The van der Waals surface area contributed by atoms with Gasteiger partial charge in [-0.1, -0.05) is 30.3 Å². The Morgan fingerprint density at radius 1 is 1.11 bits per heavy atom. The zero-order valence-corrected chi connectivity index (χ0v) is 15.4. The van der Waals surface area contributed by atoms with E-state index in [2.05, 4.69) is 22.1 Å². The lowest BCUT2D eigenvalue weighted by atomic mass is 9.78. The van der Waals surface area contributed by atoms with Gasteiger partial charge in [-0.3, -0.25) is 4.79 Å². The summed E-state index contributed by atoms with van der Waals surface area (Å²) in [5.41, 5.74) is 14.0. The molecule has 0 atom stereocenters. The maximum atomic E-state index is 12.6. The molecule has 1 aliphatic carbocycles. The van der Waals surface area contributed by atoms with Gasteiger partial charge in [0, 0.05) is 37.7 Å². The van der Waals surface area contributed by atoms with E-state index in [0.29, 0.717) is 19.0 Å². The summed E-state index contributed by atoms with van der Waals surface area (Å²) in [6.07, 6.45) is 2.74. The zero-order chi connectivity index (χ0) is 18.8. The Bertz CT molecular complexity index is 805. The molecule has 27 heavy (non-hydrogen) atoms. The molecule has 1 aromatic heterocycles. The van der Waals surface area contributed by atoms with Gasteiger partial charge in [0.25, 0.3) is 0 Å². The van der Waals surface area contributed by atoms with Crippen LogP contribution in [0.15, 0.2) is 36.4 Å². The molecule has 0 radical (unpaired) electrons. The number of nitrogen functional groups attached to an aromatic ring is 1. The van der Waals surface area contributed by atoms with Crippen molar-refractivity contribution in [2.45, 2.75) is 31.2 Å². The molecule has 7 heteroatoms. The number of anilines is 2. The Balaban J connectivity index is 1.38. The van der Waals surface area contributed by atoms with Crippen molar-refractivity contribution in [3.63, 3.8) is 0 Å². The lowest BCUT2D eigenvalue weighted by molar-refractivity contribution is -0.130. The first-order valence-electron chi connectivity index (χ1n) is 9.55. The van der Waals surface area contributed by atoms with Crippen molar-refractivity contribution in [1.29, 1.82) is 0 Å². The van der Waals surface area contributed by atoms with E-state index in [4.69, 9.17) is 11.5 Å². The van der Waals surface area contributed by atoms with Crippen LogP contribution in [0.1, 0.15) is 30.0 Å². The van der Waals surface area contributed by atoms with Gasteiger partial charge in [0.1, 0.15) is 5.82 Å². The molecule has 2 fully saturated rings. The second kappa shape index (κ2) is 7.52. The molecule has 1 saturated heterocycles. The molecule has 4 N–H and O–H groups in total. The van der Waals surface area contributed by atoms with Gasteiger partial charge in [-0.05, 0) is 24.8 Å². The monoisotopic (exact) mass is 366 g/mol. The third-order valence-electron chi connectivity index (χ3n) is 5.50. The highest BCUT2D eigenvalue weighted by molar-refractivity contribution is 5.82. The number of carbonyl (C=O) groups excluding carboxylic acids is 1. The molecule has 2 aromatic rings. The summed E-state index contributed by atoms with van der Waals surface area (Å²) in [7, 11) is 0. The smallest absolute Gasteiger partial charge is 0.242 e. The Hall–Kier alpha value is -2.67. The van der Waals surface area contributed by atoms with Gasteiger partial charge in [0.15, 0.2) is 0 Å². The number of amides is 1. The van der Waals surface area contributed by atoms with E-state index < -0.39 is 0 Å². The van der Waals surface area contributed by atoms with Gasteiger partial charge in [0.05, 0.1) is 12.2 Å². The summed E-state index contributed by atoms with van der Waals surface area (Å²) in [5.74, 6) is 1.49. The first-order chi connectivity index (χ1) is 13.1. The maximum absolute atomic E-state index is 12.6. The molecule has 0 spiro atoms. The second-order valence-corrected chi connectivity index (χ2v) is 7.48. The number of rotatable bonds is 5. The summed E-state index contributed by atoms with van der Waals surface area (Å²) in [6.45, 7) is 2.52. The minimum atomic E-state index is 0.126. The molecule has 0 unspecified atom stereocenters. The number of nitrogens with zero attached hydrogens (tertiary/aromatic N) is 4. The van der Waals surface area contributed by atoms with Crippen LogP contribution in [-0.4, -0.2) is 53.0 Å². The van der Waals surface area contributed by atoms with Crippen LogP contribution in [0.2, 0.25) is 0 Å². The number of hydrogen-bond donors (Lipinski definition) is 2. The molecule has 1 saturated carbocycles. The molecular formula is C20H26N6O. The van der Waals surface area contributed by atoms with Gasteiger partial charge >= 0.3 is 0 Å². The largest absolute Gasteiger partial charge is 0.368 e. The summed E-state index contributed by atoms with van der Waals surface area (Å²) in [4.78, 5) is 25.3. The van der Waals surface area contributed by atoms with Crippen LogP contribution in [0.5, 0.6) is 0 Å². The van der Waals surface area contributed by atoms with Crippen molar-refractivity contribution in [1.82, 2.24) is 14.9 Å². The Morgan fingerprint density at radius 2 is 1.89 bits per heavy atom. The van der Waals surface area contributed by atoms with Crippen LogP contribution in [0.3, 0.4) is 0 Å².